The highest BCUT2D eigenvalue weighted by atomic mass is 32.2. The fourth-order valence-electron chi connectivity index (χ4n) is 2.77. The molecule has 3 N–H and O–H groups in total. The molecule has 1 aliphatic heterocycles. The molecular weight excluding hydrogens is 308 g/mol. The third-order valence-electron chi connectivity index (χ3n) is 3.84. The zero-order valence-corrected chi connectivity index (χ0v) is 12.6. The van der Waals surface area contributed by atoms with Crippen molar-refractivity contribution in [3.63, 3.8) is 0 Å². The summed E-state index contributed by atoms with van der Waals surface area (Å²) in [6.07, 6.45) is 5.44. The van der Waals surface area contributed by atoms with E-state index in [2.05, 4.69) is 25.9 Å². The number of thioether (sulfide) groups is 1. The Morgan fingerprint density at radius 1 is 1.36 bits per heavy atom. The van der Waals surface area contributed by atoms with Crippen LogP contribution in [0.25, 0.3) is 0 Å². The van der Waals surface area contributed by atoms with E-state index >= 15 is 0 Å². The molecular formula is C12H16N6O3S. The summed E-state index contributed by atoms with van der Waals surface area (Å²) in [6, 6.07) is -0.565. The van der Waals surface area contributed by atoms with Gasteiger partial charge in [0.1, 0.15) is 11.9 Å². The van der Waals surface area contributed by atoms with E-state index in [1.54, 1.807) is 0 Å². The molecule has 9 nitrogen and oxygen atoms in total. The fraction of sp³-hybridized carbons (Fsp3) is 0.583. The average molecular weight is 324 g/mol. The molecule has 2 fully saturated rings. The number of urea groups is 1. The van der Waals surface area contributed by atoms with E-state index in [-0.39, 0.29) is 11.7 Å². The van der Waals surface area contributed by atoms with Crippen molar-refractivity contribution >= 4 is 29.6 Å². The molecule has 0 atom stereocenters. The minimum absolute atomic E-state index is 0.0270. The van der Waals surface area contributed by atoms with E-state index in [1.807, 2.05) is 0 Å². The summed E-state index contributed by atoms with van der Waals surface area (Å²) in [5, 5.41) is 10.3. The van der Waals surface area contributed by atoms with E-state index in [0.29, 0.717) is 18.0 Å². The van der Waals surface area contributed by atoms with E-state index < -0.39 is 17.5 Å². The molecule has 3 rings (SSSR count). The second-order valence-corrected chi connectivity index (χ2v) is 6.29. The number of nitrogens with one attached hydrogen (secondary N) is 3. The molecule has 0 radical (unpaired) electrons. The van der Waals surface area contributed by atoms with Crippen molar-refractivity contribution < 1.29 is 14.4 Å². The minimum Gasteiger partial charge on any atom is -0.322 e. The van der Waals surface area contributed by atoms with Crippen molar-refractivity contribution in [2.75, 3.05) is 5.75 Å². The van der Waals surface area contributed by atoms with Gasteiger partial charge >= 0.3 is 6.03 Å². The van der Waals surface area contributed by atoms with Gasteiger partial charge in [-0.05, 0) is 12.8 Å². The first kappa shape index (κ1) is 14.8. The number of carbonyl (C=O) groups is 3. The maximum absolute atomic E-state index is 12.5. The smallest absolute Gasteiger partial charge is 0.322 e. The van der Waals surface area contributed by atoms with E-state index in [4.69, 9.17) is 0 Å². The third-order valence-corrected chi connectivity index (χ3v) is 4.71. The van der Waals surface area contributed by atoms with Crippen LogP contribution in [0.1, 0.15) is 32.1 Å². The van der Waals surface area contributed by atoms with E-state index in [9.17, 15) is 14.4 Å². The molecule has 0 unspecified atom stereocenters. The molecule has 1 saturated carbocycles. The SMILES string of the molecule is O=C(CSc1ncn[nH]1)NN1C(=O)NC2(CCCCC2)C1=O. The number of H-pyrrole nitrogens is 1. The van der Waals surface area contributed by atoms with Crippen molar-refractivity contribution in [3.8, 4) is 0 Å². The first-order valence-electron chi connectivity index (χ1n) is 7.05. The van der Waals surface area contributed by atoms with Crippen molar-refractivity contribution in [3.05, 3.63) is 6.33 Å². The van der Waals surface area contributed by atoms with Crippen LogP contribution in [-0.4, -0.2) is 49.3 Å². The monoisotopic (exact) mass is 324 g/mol. The van der Waals surface area contributed by atoms with Crippen LogP contribution in [0.5, 0.6) is 0 Å². The van der Waals surface area contributed by atoms with E-state index in [1.165, 1.54) is 6.33 Å². The number of amides is 4. The molecule has 0 bridgehead atoms. The number of imide groups is 1. The van der Waals surface area contributed by atoms with Gasteiger partial charge in [-0.25, -0.2) is 9.78 Å². The quantitative estimate of drug-likeness (QED) is 0.537. The number of aromatic nitrogens is 3. The van der Waals surface area contributed by atoms with Gasteiger partial charge in [0.2, 0.25) is 5.91 Å². The Hall–Kier alpha value is -2.10. The summed E-state index contributed by atoms with van der Waals surface area (Å²) >= 11 is 1.14. The van der Waals surface area contributed by atoms with Gasteiger partial charge in [-0.2, -0.15) is 10.1 Å². The lowest BCUT2D eigenvalue weighted by Gasteiger charge is -2.30. The second kappa shape index (κ2) is 5.95. The molecule has 0 aromatic carbocycles. The lowest BCUT2D eigenvalue weighted by molar-refractivity contribution is -0.139. The molecule has 4 amide bonds. The highest BCUT2D eigenvalue weighted by Gasteiger charge is 2.52. The average Bonchev–Trinajstić information content (AvgIpc) is 3.10. The molecule has 2 aliphatic rings. The summed E-state index contributed by atoms with van der Waals surface area (Å²) < 4.78 is 0. The molecule has 118 valence electrons. The van der Waals surface area contributed by atoms with Crippen molar-refractivity contribution in [1.29, 1.82) is 0 Å². The van der Waals surface area contributed by atoms with Gasteiger partial charge in [0, 0.05) is 0 Å². The Morgan fingerprint density at radius 2 is 2.14 bits per heavy atom. The molecule has 1 aromatic heterocycles. The largest absolute Gasteiger partial charge is 0.344 e. The zero-order valence-electron chi connectivity index (χ0n) is 11.8. The highest BCUT2D eigenvalue weighted by molar-refractivity contribution is 7.99. The number of aromatic amines is 1. The van der Waals surface area contributed by atoms with Crippen molar-refractivity contribution in [2.24, 2.45) is 0 Å². The van der Waals surface area contributed by atoms with Crippen molar-refractivity contribution in [2.45, 2.75) is 42.8 Å². The maximum Gasteiger partial charge on any atom is 0.344 e. The van der Waals surface area contributed by atoms with Crippen LogP contribution < -0.4 is 10.7 Å². The Labute approximate surface area is 130 Å². The van der Waals surface area contributed by atoms with E-state index in [0.717, 1.165) is 36.0 Å². The molecule has 2 heterocycles. The van der Waals surface area contributed by atoms with Gasteiger partial charge in [-0.3, -0.25) is 20.1 Å². The molecule has 1 spiro atoms. The van der Waals surface area contributed by atoms with Crippen LogP contribution in [0, 0.1) is 0 Å². The van der Waals surface area contributed by atoms with Crippen LogP contribution >= 0.6 is 11.8 Å². The topological polar surface area (TPSA) is 120 Å². The second-order valence-electron chi connectivity index (χ2n) is 5.33. The maximum atomic E-state index is 12.5. The van der Waals surface area contributed by atoms with Gasteiger partial charge in [0.25, 0.3) is 5.91 Å². The normalized spacial score (nSPS) is 20.3. The Balaban J connectivity index is 1.58. The van der Waals surface area contributed by atoms with Gasteiger partial charge in [0.15, 0.2) is 5.16 Å². The Kier molecular flexibility index (Phi) is 4.01. The van der Waals surface area contributed by atoms with Gasteiger partial charge in [-0.1, -0.05) is 31.0 Å². The predicted octanol–water partition coefficient (Wildman–Crippen LogP) is 0.183. The first-order chi connectivity index (χ1) is 10.6. The first-order valence-corrected chi connectivity index (χ1v) is 8.04. The number of hydrogen-bond acceptors (Lipinski definition) is 6. The number of hydrogen-bond donors (Lipinski definition) is 3. The lowest BCUT2D eigenvalue weighted by atomic mass is 9.82. The predicted molar refractivity (Wildman–Crippen MR) is 76.4 cm³/mol. The molecule has 1 aromatic rings. The van der Waals surface area contributed by atoms with Crippen LogP contribution in [0.2, 0.25) is 0 Å². The minimum atomic E-state index is -0.833. The Bertz CT molecular complexity index is 584. The molecule has 10 heteroatoms. The standard InChI is InChI=1S/C12H16N6O3S/c19-8(6-22-10-13-7-14-16-10)17-18-9(20)12(15-11(18)21)4-2-1-3-5-12/h7H,1-6H2,(H,15,21)(H,17,19)(H,13,14,16). The summed E-state index contributed by atoms with van der Waals surface area (Å²) in [7, 11) is 0. The number of hydrazine groups is 1. The number of nitrogens with zero attached hydrogens (tertiary/aromatic N) is 3. The molecule has 22 heavy (non-hydrogen) atoms. The van der Waals surface area contributed by atoms with Gasteiger partial charge in [-0.15, -0.1) is 0 Å². The fourth-order valence-corrected chi connectivity index (χ4v) is 3.34. The molecule has 1 saturated heterocycles. The van der Waals surface area contributed by atoms with Crippen LogP contribution in [-0.2, 0) is 9.59 Å². The van der Waals surface area contributed by atoms with Gasteiger partial charge < -0.3 is 5.32 Å². The zero-order chi connectivity index (χ0) is 15.6. The van der Waals surface area contributed by atoms with Gasteiger partial charge in [0.05, 0.1) is 5.75 Å². The summed E-state index contributed by atoms with van der Waals surface area (Å²) in [4.78, 5) is 40.2. The van der Waals surface area contributed by atoms with Crippen LogP contribution in [0.15, 0.2) is 11.5 Å². The highest BCUT2D eigenvalue weighted by Crippen LogP contribution is 2.32. The van der Waals surface area contributed by atoms with Crippen LogP contribution in [0.3, 0.4) is 0 Å². The summed E-state index contributed by atoms with van der Waals surface area (Å²) in [6.45, 7) is 0. The lowest BCUT2D eigenvalue weighted by Crippen LogP contribution is -2.51. The summed E-state index contributed by atoms with van der Waals surface area (Å²) in [5.41, 5.74) is 1.53. The van der Waals surface area contributed by atoms with Crippen molar-refractivity contribution in [1.82, 2.24) is 30.9 Å². The number of rotatable bonds is 4. The summed E-state index contributed by atoms with van der Waals surface area (Å²) in [5.74, 6) is -0.785. The number of carbonyl (C=O) groups excluding carboxylic acids is 3. The molecule has 1 aliphatic carbocycles. The third kappa shape index (κ3) is 2.78. The Morgan fingerprint density at radius 3 is 2.82 bits per heavy atom. The van der Waals surface area contributed by atoms with Crippen LogP contribution in [0.4, 0.5) is 4.79 Å².